The van der Waals surface area contributed by atoms with E-state index in [4.69, 9.17) is 5.73 Å². The molecule has 92 valence electrons. The molecule has 17 heavy (non-hydrogen) atoms. The van der Waals surface area contributed by atoms with Crippen molar-refractivity contribution in [1.29, 1.82) is 0 Å². The zero-order chi connectivity index (χ0) is 11.8. The van der Waals surface area contributed by atoms with Gasteiger partial charge in [-0.15, -0.1) is 0 Å². The first-order valence-corrected chi connectivity index (χ1v) is 7.17. The molecule has 1 saturated carbocycles. The van der Waals surface area contributed by atoms with Crippen molar-refractivity contribution in [3.05, 3.63) is 16.9 Å². The Kier molecular flexibility index (Phi) is 2.88. The summed E-state index contributed by atoms with van der Waals surface area (Å²) < 4.78 is 1.90. The molecule has 2 heterocycles. The highest BCUT2D eigenvalue weighted by Gasteiger charge is 2.20. The summed E-state index contributed by atoms with van der Waals surface area (Å²) >= 11 is 1.73. The van der Waals surface area contributed by atoms with Gasteiger partial charge in [0.15, 0.2) is 0 Å². The largest absolute Gasteiger partial charge is 0.323 e. The Morgan fingerprint density at radius 2 is 2.18 bits per heavy atom. The van der Waals surface area contributed by atoms with E-state index in [1.807, 2.05) is 17.6 Å². The Labute approximate surface area is 105 Å². The second-order valence-electron chi connectivity index (χ2n) is 4.96. The van der Waals surface area contributed by atoms with Gasteiger partial charge in [0.05, 0.1) is 11.9 Å². The number of imidazole rings is 1. The van der Waals surface area contributed by atoms with Gasteiger partial charge in [-0.2, -0.15) is 5.10 Å². The Hall–Kier alpha value is -0.940. The monoisotopic (exact) mass is 250 g/mol. The topological polar surface area (TPSA) is 56.2 Å². The van der Waals surface area contributed by atoms with Gasteiger partial charge in [-0.25, -0.2) is 9.50 Å². The molecule has 2 aromatic rings. The molecule has 0 aliphatic heterocycles. The minimum atomic E-state index is -0.0120. The lowest BCUT2D eigenvalue weighted by Gasteiger charge is -2.18. The van der Waals surface area contributed by atoms with Crippen molar-refractivity contribution in [2.75, 3.05) is 0 Å². The van der Waals surface area contributed by atoms with Crippen molar-refractivity contribution in [1.82, 2.24) is 14.6 Å². The first-order valence-electron chi connectivity index (χ1n) is 6.35. The van der Waals surface area contributed by atoms with Crippen molar-refractivity contribution in [2.45, 2.75) is 51.0 Å². The van der Waals surface area contributed by atoms with Crippen LogP contribution in [0, 0.1) is 0 Å². The van der Waals surface area contributed by atoms with Crippen LogP contribution in [0.25, 0.3) is 4.96 Å². The fourth-order valence-corrected chi connectivity index (χ4v) is 3.52. The van der Waals surface area contributed by atoms with Crippen molar-refractivity contribution >= 4 is 16.3 Å². The summed E-state index contributed by atoms with van der Waals surface area (Å²) in [5.41, 5.74) is 6.75. The number of hydrogen-bond acceptors (Lipinski definition) is 4. The third-order valence-corrected chi connectivity index (χ3v) is 4.58. The zero-order valence-electron chi connectivity index (χ0n) is 10.1. The molecule has 4 nitrogen and oxygen atoms in total. The molecule has 2 N–H and O–H groups in total. The van der Waals surface area contributed by atoms with E-state index >= 15 is 0 Å². The van der Waals surface area contributed by atoms with Crippen LogP contribution < -0.4 is 5.73 Å². The van der Waals surface area contributed by atoms with E-state index in [9.17, 15) is 0 Å². The van der Waals surface area contributed by atoms with Crippen molar-refractivity contribution in [3.63, 3.8) is 0 Å². The molecule has 0 radical (unpaired) electrons. The van der Waals surface area contributed by atoms with Crippen LogP contribution in [0.4, 0.5) is 0 Å². The molecule has 5 heteroatoms. The van der Waals surface area contributed by atoms with E-state index in [0.29, 0.717) is 5.92 Å². The first kappa shape index (κ1) is 11.2. The van der Waals surface area contributed by atoms with Gasteiger partial charge in [0, 0.05) is 12.0 Å². The highest BCUT2D eigenvalue weighted by Crippen LogP contribution is 2.34. The first-order chi connectivity index (χ1) is 8.24. The maximum absolute atomic E-state index is 5.82. The summed E-state index contributed by atoms with van der Waals surface area (Å²) in [7, 11) is 0. The highest BCUT2D eigenvalue weighted by molar-refractivity contribution is 7.16. The predicted molar refractivity (Wildman–Crippen MR) is 69.3 cm³/mol. The van der Waals surface area contributed by atoms with E-state index < -0.39 is 0 Å². The van der Waals surface area contributed by atoms with Crippen LogP contribution in [0.15, 0.2) is 6.20 Å². The molecule has 0 amide bonds. The summed E-state index contributed by atoms with van der Waals surface area (Å²) in [6.45, 7) is 1.95. The highest BCUT2D eigenvalue weighted by atomic mass is 32.1. The minimum Gasteiger partial charge on any atom is -0.323 e. The Bertz CT molecular complexity index is 476. The molecule has 1 unspecified atom stereocenters. The van der Waals surface area contributed by atoms with E-state index in [-0.39, 0.29) is 6.04 Å². The normalized spacial score (nSPS) is 19.9. The summed E-state index contributed by atoms with van der Waals surface area (Å²) in [5, 5.41) is 5.91. The molecule has 1 aliphatic carbocycles. The number of fused-ring (bicyclic) bond motifs is 1. The number of nitrogens with zero attached hydrogens (tertiary/aromatic N) is 3. The van der Waals surface area contributed by atoms with Gasteiger partial charge in [0.2, 0.25) is 4.96 Å². The second kappa shape index (κ2) is 4.38. The van der Waals surface area contributed by atoms with Crippen LogP contribution in [0.5, 0.6) is 0 Å². The standard InChI is InChI=1S/C12H18N4S/c1-8(13)10-7-16-12(14-10)17-11(15-16)9-5-3-2-4-6-9/h7-9H,2-6,13H2,1H3. The van der Waals surface area contributed by atoms with Gasteiger partial charge in [-0.1, -0.05) is 30.6 Å². The zero-order valence-corrected chi connectivity index (χ0v) is 10.9. The van der Waals surface area contributed by atoms with Crippen LogP contribution >= 0.6 is 11.3 Å². The molecule has 2 aromatic heterocycles. The summed E-state index contributed by atoms with van der Waals surface area (Å²) in [4.78, 5) is 5.51. The molecule has 0 saturated heterocycles. The molecule has 3 rings (SSSR count). The van der Waals surface area contributed by atoms with Crippen LogP contribution in [0.2, 0.25) is 0 Å². The van der Waals surface area contributed by atoms with Gasteiger partial charge >= 0.3 is 0 Å². The third kappa shape index (κ3) is 2.09. The summed E-state index contributed by atoms with van der Waals surface area (Å²) in [6.07, 6.45) is 8.61. The average Bonchev–Trinajstić information content (AvgIpc) is 2.87. The van der Waals surface area contributed by atoms with E-state index in [0.717, 1.165) is 10.7 Å². The van der Waals surface area contributed by atoms with Gasteiger partial charge in [-0.3, -0.25) is 0 Å². The maximum Gasteiger partial charge on any atom is 0.212 e. The Morgan fingerprint density at radius 3 is 2.82 bits per heavy atom. The molecule has 0 bridgehead atoms. The number of rotatable bonds is 2. The lowest BCUT2D eigenvalue weighted by atomic mass is 9.90. The van der Waals surface area contributed by atoms with Crippen molar-refractivity contribution < 1.29 is 0 Å². The van der Waals surface area contributed by atoms with Gasteiger partial charge < -0.3 is 5.73 Å². The smallest absolute Gasteiger partial charge is 0.212 e. The molecular weight excluding hydrogens is 232 g/mol. The average molecular weight is 250 g/mol. The molecule has 1 aliphatic rings. The van der Waals surface area contributed by atoms with E-state index in [1.165, 1.54) is 37.1 Å². The van der Waals surface area contributed by atoms with Crippen LogP contribution in [0.1, 0.15) is 61.7 Å². The number of nitrogens with two attached hydrogens (primary N) is 1. The maximum atomic E-state index is 5.82. The number of aromatic nitrogens is 3. The van der Waals surface area contributed by atoms with Crippen molar-refractivity contribution in [3.8, 4) is 0 Å². The minimum absolute atomic E-state index is 0.0120. The molecule has 1 fully saturated rings. The fraction of sp³-hybridized carbons (Fsp3) is 0.667. The van der Waals surface area contributed by atoms with Crippen LogP contribution in [-0.2, 0) is 0 Å². The van der Waals surface area contributed by atoms with Crippen LogP contribution in [0.3, 0.4) is 0 Å². The summed E-state index contributed by atoms with van der Waals surface area (Å²) in [6, 6.07) is -0.0120. The molecule has 0 spiro atoms. The van der Waals surface area contributed by atoms with Gasteiger partial charge in [-0.05, 0) is 19.8 Å². The van der Waals surface area contributed by atoms with E-state index in [2.05, 4.69) is 10.1 Å². The lowest BCUT2D eigenvalue weighted by Crippen LogP contribution is -2.06. The number of hydrogen-bond donors (Lipinski definition) is 1. The SMILES string of the molecule is CC(N)c1cn2nc(C3CCCCC3)sc2n1. The van der Waals surface area contributed by atoms with Crippen LogP contribution in [-0.4, -0.2) is 14.6 Å². The second-order valence-corrected chi connectivity index (χ2v) is 5.94. The molecule has 1 atom stereocenters. The van der Waals surface area contributed by atoms with Gasteiger partial charge in [0.1, 0.15) is 5.01 Å². The predicted octanol–water partition coefficient (Wildman–Crippen LogP) is 2.86. The summed E-state index contributed by atoms with van der Waals surface area (Å²) in [5.74, 6) is 0.661. The van der Waals surface area contributed by atoms with Gasteiger partial charge in [0.25, 0.3) is 0 Å². The Balaban J connectivity index is 1.89. The fourth-order valence-electron chi connectivity index (χ4n) is 2.47. The molecular formula is C12H18N4S. The third-order valence-electron chi connectivity index (χ3n) is 3.50. The molecule has 0 aromatic carbocycles. The quantitative estimate of drug-likeness (QED) is 0.891. The lowest BCUT2D eigenvalue weighted by molar-refractivity contribution is 0.439. The van der Waals surface area contributed by atoms with Crippen molar-refractivity contribution in [2.24, 2.45) is 5.73 Å². The van der Waals surface area contributed by atoms with E-state index in [1.54, 1.807) is 11.3 Å². The Morgan fingerprint density at radius 1 is 1.41 bits per heavy atom.